The van der Waals surface area contributed by atoms with E-state index in [2.05, 4.69) is 5.32 Å². The number of nitrogens with one attached hydrogen (secondary N) is 1. The Balaban J connectivity index is 1.99. The lowest BCUT2D eigenvalue weighted by Crippen LogP contribution is -2.17. The Kier molecular flexibility index (Phi) is 5.06. The summed E-state index contributed by atoms with van der Waals surface area (Å²) in [5.74, 6) is 0.650. The van der Waals surface area contributed by atoms with Gasteiger partial charge in [-0.25, -0.2) is 4.39 Å². The normalized spacial score (nSPS) is 12.6. The molecule has 0 aliphatic heterocycles. The van der Waals surface area contributed by atoms with E-state index in [-0.39, 0.29) is 11.9 Å². The first-order valence-corrected chi connectivity index (χ1v) is 7.68. The maximum Gasteiger partial charge on any atom is 0.124 e. The van der Waals surface area contributed by atoms with Crippen molar-refractivity contribution >= 4 is 34.7 Å². The molecule has 5 heteroatoms. The van der Waals surface area contributed by atoms with Crippen LogP contribution in [0.3, 0.4) is 0 Å². The van der Waals surface area contributed by atoms with Crippen LogP contribution in [0.25, 0.3) is 0 Å². The average Bonchev–Trinajstić information content (AvgIpc) is 2.77. The maximum atomic E-state index is 13.1. The molecule has 1 aromatic carbocycles. The lowest BCUT2D eigenvalue weighted by molar-refractivity contribution is 0.624. The van der Waals surface area contributed by atoms with Crippen LogP contribution in [0.2, 0.25) is 4.34 Å². The topological polar surface area (TPSA) is 12.0 Å². The van der Waals surface area contributed by atoms with Gasteiger partial charge in [-0.15, -0.1) is 23.1 Å². The second-order valence-electron chi connectivity index (χ2n) is 3.75. The standard InChI is InChI=1S/C13H13ClFNS2/c1-16-11(12-5-6-13(14)18-12)8-17-10-4-2-3-9(15)7-10/h2-7,11,16H,8H2,1H3. The van der Waals surface area contributed by atoms with Crippen molar-refractivity contribution < 1.29 is 4.39 Å². The number of hydrogen-bond donors (Lipinski definition) is 1. The van der Waals surface area contributed by atoms with E-state index in [9.17, 15) is 4.39 Å². The van der Waals surface area contributed by atoms with Crippen molar-refractivity contribution in [2.45, 2.75) is 10.9 Å². The Morgan fingerprint density at radius 1 is 1.39 bits per heavy atom. The molecule has 0 fully saturated rings. The first-order valence-electron chi connectivity index (χ1n) is 5.50. The smallest absolute Gasteiger partial charge is 0.124 e. The summed E-state index contributed by atoms with van der Waals surface area (Å²) in [6.07, 6.45) is 0. The fraction of sp³-hybridized carbons (Fsp3) is 0.231. The van der Waals surface area contributed by atoms with Gasteiger partial charge in [0.1, 0.15) is 5.82 Å². The summed E-state index contributed by atoms with van der Waals surface area (Å²) >= 11 is 9.14. The van der Waals surface area contributed by atoms with E-state index in [4.69, 9.17) is 11.6 Å². The number of benzene rings is 1. The van der Waals surface area contributed by atoms with Gasteiger partial charge in [0, 0.05) is 15.5 Å². The Morgan fingerprint density at radius 2 is 2.22 bits per heavy atom. The van der Waals surface area contributed by atoms with Gasteiger partial charge in [-0.2, -0.15) is 0 Å². The minimum Gasteiger partial charge on any atom is -0.312 e. The molecule has 0 saturated heterocycles. The van der Waals surface area contributed by atoms with Crippen LogP contribution >= 0.6 is 34.7 Å². The SMILES string of the molecule is CNC(CSc1cccc(F)c1)c1ccc(Cl)s1. The van der Waals surface area contributed by atoms with Gasteiger partial charge in [0.15, 0.2) is 0 Å². The first-order chi connectivity index (χ1) is 8.69. The van der Waals surface area contributed by atoms with Gasteiger partial charge in [0.2, 0.25) is 0 Å². The second-order valence-corrected chi connectivity index (χ2v) is 6.59. The summed E-state index contributed by atoms with van der Waals surface area (Å²) in [5.41, 5.74) is 0. The molecule has 2 rings (SSSR count). The lowest BCUT2D eigenvalue weighted by Gasteiger charge is -2.13. The van der Waals surface area contributed by atoms with Gasteiger partial charge in [0.25, 0.3) is 0 Å². The van der Waals surface area contributed by atoms with E-state index in [1.165, 1.54) is 10.9 Å². The fourth-order valence-corrected chi connectivity index (χ4v) is 3.91. The monoisotopic (exact) mass is 301 g/mol. The molecule has 0 saturated carbocycles. The molecule has 0 aliphatic carbocycles. The summed E-state index contributed by atoms with van der Waals surface area (Å²) in [6.45, 7) is 0. The molecule has 18 heavy (non-hydrogen) atoms. The highest BCUT2D eigenvalue weighted by Crippen LogP contribution is 2.30. The largest absolute Gasteiger partial charge is 0.312 e. The molecule has 1 N–H and O–H groups in total. The van der Waals surface area contributed by atoms with Crippen LogP contribution in [0.15, 0.2) is 41.3 Å². The van der Waals surface area contributed by atoms with Crippen molar-refractivity contribution in [3.63, 3.8) is 0 Å². The minimum atomic E-state index is -0.194. The number of thiophene rings is 1. The molecule has 96 valence electrons. The van der Waals surface area contributed by atoms with Crippen LogP contribution in [-0.4, -0.2) is 12.8 Å². The van der Waals surface area contributed by atoms with Gasteiger partial charge in [-0.3, -0.25) is 0 Å². The van der Waals surface area contributed by atoms with Gasteiger partial charge < -0.3 is 5.32 Å². The Hall–Kier alpha value is -0.550. The Labute approximate surface area is 119 Å². The molecular weight excluding hydrogens is 289 g/mol. The van der Waals surface area contributed by atoms with Crippen LogP contribution in [0.1, 0.15) is 10.9 Å². The van der Waals surface area contributed by atoms with E-state index in [0.717, 1.165) is 15.0 Å². The predicted molar refractivity (Wildman–Crippen MR) is 78.3 cm³/mol. The molecular formula is C13H13ClFNS2. The Morgan fingerprint density at radius 3 is 2.83 bits per heavy atom. The molecule has 1 heterocycles. The second kappa shape index (κ2) is 6.57. The highest BCUT2D eigenvalue weighted by atomic mass is 35.5. The zero-order valence-corrected chi connectivity index (χ0v) is 12.2. The summed E-state index contributed by atoms with van der Waals surface area (Å²) in [5, 5.41) is 3.25. The highest BCUT2D eigenvalue weighted by Gasteiger charge is 2.12. The average molecular weight is 302 g/mol. The molecule has 1 atom stereocenters. The number of halogens is 2. The van der Waals surface area contributed by atoms with Crippen LogP contribution in [0, 0.1) is 5.82 Å². The molecule has 1 unspecified atom stereocenters. The molecule has 0 spiro atoms. The zero-order chi connectivity index (χ0) is 13.0. The van der Waals surface area contributed by atoms with Crippen molar-refractivity contribution in [1.29, 1.82) is 0 Å². The van der Waals surface area contributed by atoms with E-state index in [1.807, 2.05) is 25.2 Å². The molecule has 2 aromatic rings. The zero-order valence-electron chi connectivity index (χ0n) is 9.82. The third-order valence-corrected chi connectivity index (χ3v) is 4.93. The van der Waals surface area contributed by atoms with Crippen molar-refractivity contribution in [2.24, 2.45) is 0 Å². The third-order valence-electron chi connectivity index (χ3n) is 2.50. The van der Waals surface area contributed by atoms with Crippen molar-refractivity contribution in [3.8, 4) is 0 Å². The number of hydrogen-bond acceptors (Lipinski definition) is 3. The molecule has 1 aromatic heterocycles. The quantitative estimate of drug-likeness (QED) is 0.810. The van der Waals surface area contributed by atoms with E-state index in [1.54, 1.807) is 35.2 Å². The van der Waals surface area contributed by atoms with Crippen LogP contribution < -0.4 is 5.32 Å². The minimum absolute atomic E-state index is 0.194. The van der Waals surface area contributed by atoms with Gasteiger partial charge in [-0.1, -0.05) is 17.7 Å². The molecule has 1 nitrogen and oxygen atoms in total. The van der Waals surface area contributed by atoms with Gasteiger partial charge in [-0.05, 0) is 37.4 Å². The summed E-state index contributed by atoms with van der Waals surface area (Å²) in [7, 11) is 1.92. The highest BCUT2D eigenvalue weighted by molar-refractivity contribution is 7.99. The maximum absolute atomic E-state index is 13.1. The molecule has 0 aliphatic rings. The Bertz CT molecular complexity index is 515. The third kappa shape index (κ3) is 3.72. The molecule has 0 bridgehead atoms. The number of rotatable bonds is 5. The molecule has 0 amide bonds. The summed E-state index contributed by atoms with van der Waals surface area (Å²) < 4.78 is 13.8. The van der Waals surface area contributed by atoms with Crippen molar-refractivity contribution in [1.82, 2.24) is 5.32 Å². The van der Waals surface area contributed by atoms with Crippen LogP contribution in [0.4, 0.5) is 4.39 Å². The number of thioether (sulfide) groups is 1. The first kappa shape index (κ1) is 13.9. The van der Waals surface area contributed by atoms with Gasteiger partial charge in [0.05, 0.1) is 10.4 Å². The summed E-state index contributed by atoms with van der Waals surface area (Å²) in [6, 6.07) is 10.8. The van der Waals surface area contributed by atoms with E-state index >= 15 is 0 Å². The predicted octanol–water partition coefficient (Wildman–Crippen LogP) is 4.59. The van der Waals surface area contributed by atoms with Crippen molar-refractivity contribution in [3.05, 3.63) is 51.4 Å². The summed E-state index contributed by atoms with van der Waals surface area (Å²) in [4.78, 5) is 2.14. The van der Waals surface area contributed by atoms with Gasteiger partial charge >= 0.3 is 0 Å². The lowest BCUT2D eigenvalue weighted by atomic mass is 10.3. The van der Waals surface area contributed by atoms with E-state index < -0.39 is 0 Å². The van der Waals surface area contributed by atoms with E-state index in [0.29, 0.717) is 0 Å². The van der Waals surface area contributed by atoms with Crippen LogP contribution in [0.5, 0.6) is 0 Å². The van der Waals surface area contributed by atoms with Crippen LogP contribution in [-0.2, 0) is 0 Å². The molecule has 0 radical (unpaired) electrons. The fourth-order valence-electron chi connectivity index (χ4n) is 1.56. The van der Waals surface area contributed by atoms with Crippen molar-refractivity contribution in [2.75, 3.05) is 12.8 Å².